The van der Waals surface area contributed by atoms with E-state index in [1.807, 2.05) is 30.3 Å². The molecule has 1 amide bonds. The summed E-state index contributed by atoms with van der Waals surface area (Å²) in [7, 11) is 0. The van der Waals surface area contributed by atoms with Gasteiger partial charge < -0.3 is 11.2 Å². The summed E-state index contributed by atoms with van der Waals surface area (Å²) < 4.78 is 1.53. The van der Waals surface area contributed by atoms with Crippen LogP contribution in [0.1, 0.15) is 44.3 Å². The molecular weight excluding hydrogens is 334 g/mol. The van der Waals surface area contributed by atoms with Crippen LogP contribution in [0.25, 0.3) is 0 Å². The molecule has 0 unspecified atom stereocenters. The van der Waals surface area contributed by atoms with Crippen LogP contribution in [0.2, 0.25) is 0 Å². The molecule has 1 aliphatic rings. The van der Waals surface area contributed by atoms with Gasteiger partial charge in [0.2, 0.25) is 11.1 Å². The summed E-state index contributed by atoms with van der Waals surface area (Å²) in [6.07, 6.45) is 8.67. The van der Waals surface area contributed by atoms with E-state index in [1.54, 1.807) is 0 Å². The van der Waals surface area contributed by atoms with E-state index in [-0.39, 0.29) is 11.7 Å². The second kappa shape index (κ2) is 8.89. The lowest BCUT2D eigenvalue weighted by Crippen LogP contribution is -2.18. The molecule has 134 valence electrons. The Kier molecular flexibility index (Phi) is 6.33. The Morgan fingerprint density at radius 1 is 1.20 bits per heavy atom. The van der Waals surface area contributed by atoms with Crippen LogP contribution in [0.3, 0.4) is 0 Å². The van der Waals surface area contributed by atoms with Crippen molar-refractivity contribution in [2.75, 3.05) is 16.9 Å². The molecule has 1 saturated carbocycles. The van der Waals surface area contributed by atoms with Crippen LogP contribution in [0.5, 0.6) is 0 Å². The number of carbonyl (C=O) groups is 1. The van der Waals surface area contributed by atoms with Crippen LogP contribution in [-0.4, -0.2) is 26.5 Å². The van der Waals surface area contributed by atoms with Crippen LogP contribution in [-0.2, 0) is 11.2 Å². The molecular formula is C18H25N5OS. The fourth-order valence-corrected chi connectivity index (χ4v) is 3.91. The highest BCUT2D eigenvalue weighted by Crippen LogP contribution is 2.27. The van der Waals surface area contributed by atoms with Gasteiger partial charge in [-0.3, -0.25) is 4.79 Å². The van der Waals surface area contributed by atoms with Crippen molar-refractivity contribution in [1.29, 1.82) is 0 Å². The average Bonchev–Trinajstić information content (AvgIpc) is 3.00. The lowest BCUT2D eigenvalue weighted by Gasteiger charge is -2.20. The molecule has 1 heterocycles. The fraction of sp³-hybridized carbons (Fsp3) is 0.500. The molecule has 3 rings (SSSR count). The molecule has 1 aromatic carbocycles. The highest BCUT2D eigenvalue weighted by Gasteiger charge is 2.17. The zero-order valence-electron chi connectivity index (χ0n) is 14.4. The van der Waals surface area contributed by atoms with Gasteiger partial charge in [-0.15, -0.1) is 10.2 Å². The number of aryl methyl sites for hydroxylation is 1. The third kappa shape index (κ3) is 5.22. The van der Waals surface area contributed by atoms with Gasteiger partial charge in [-0.05, 0) is 24.5 Å². The summed E-state index contributed by atoms with van der Waals surface area (Å²) in [4.78, 5) is 12.0. The SMILES string of the molecule is Nn1c(CCC2CCCCC2)nnc1SCC(=O)Nc1ccccc1. The van der Waals surface area contributed by atoms with E-state index in [9.17, 15) is 4.79 Å². The highest BCUT2D eigenvalue weighted by molar-refractivity contribution is 7.99. The van der Waals surface area contributed by atoms with Crippen LogP contribution < -0.4 is 11.2 Å². The van der Waals surface area contributed by atoms with Gasteiger partial charge in [0.1, 0.15) is 0 Å². The average molecular weight is 359 g/mol. The van der Waals surface area contributed by atoms with Gasteiger partial charge in [-0.25, -0.2) is 4.68 Å². The normalized spacial score (nSPS) is 15.2. The Balaban J connectivity index is 1.46. The number of aromatic nitrogens is 3. The zero-order valence-corrected chi connectivity index (χ0v) is 15.2. The minimum Gasteiger partial charge on any atom is -0.336 e. The first-order chi connectivity index (χ1) is 12.2. The number of carbonyl (C=O) groups excluding carboxylic acids is 1. The zero-order chi connectivity index (χ0) is 17.5. The molecule has 0 spiro atoms. The molecule has 3 N–H and O–H groups in total. The van der Waals surface area contributed by atoms with Crippen molar-refractivity contribution in [3.63, 3.8) is 0 Å². The summed E-state index contributed by atoms with van der Waals surface area (Å²) in [5.74, 6) is 7.87. The third-order valence-electron chi connectivity index (χ3n) is 4.63. The van der Waals surface area contributed by atoms with Gasteiger partial charge in [0.25, 0.3) is 0 Å². The van der Waals surface area contributed by atoms with E-state index in [0.29, 0.717) is 5.16 Å². The Bertz CT molecular complexity index is 682. The minimum absolute atomic E-state index is 0.0806. The minimum atomic E-state index is -0.0806. The number of anilines is 1. The molecule has 0 bridgehead atoms. The first-order valence-electron chi connectivity index (χ1n) is 8.89. The number of para-hydroxylation sites is 1. The number of nitrogens with zero attached hydrogens (tertiary/aromatic N) is 3. The van der Waals surface area contributed by atoms with Gasteiger partial charge >= 0.3 is 0 Å². The van der Waals surface area contributed by atoms with Crippen molar-refractivity contribution in [3.8, 4) is 0 Å². The molecule has 1 fully saturated rings. The molecule has 7 heteroatoms. The van der Waals surface area contributed by atoms with Crippen LogP contribution in [0.15, 0.2) is 35.5 Å². The van der Waals surface area contributed by atoms with E-state index >= 15 is 0 Å². The van der Waals surface area contributed by atoms with Crippen LogP contribution in [0, 0.1) is 5.92 Å². The van der Waals surface area contributed by atoms with E-state index in [2.05, 4.69) is 15.5 Å². The predicted octanol–water partition coefficient (Wildman–Crippen LogP) is 3.24. The number of rotatable bonds is 7. The quantitative estimate of drug-likeness (QED) is 0.585. The van der Waals surface area contributed by atoms with Gasteiger partial charge in [-0.2, -0.15) is 0 Å². The maximum Gasteiger partial charge on any atom is 0.234 e. The molecule has 6 nitrogen and oxygen atoms in total. The van der Waals surface area contributed by atoms with Crippen molar-refractivity contribution < 1.29 is 4.79 Å². The van der Waals surface area contributed by atoms with Crippen molar-refractivity contribution in [3.05, 3.63) is 36.2 Å². The summed E-state index contributed by atoms with van der Waals surface area (Å²) in [6, 6.07) is 9.40. The number of amides is 1. The maximum absolute atomic E-state index is 12.0. The molecule has 1 aromatic heterocycles. The largest absolute Gasteiger partial charge is 0.336 e. The Morgan fingerprint density at radius 3 is 2.72 bits per heavy atom. The number of hydrogen-bond acceptors (Lipinski definition) is 5. The lowest BCUT2D eigenvalue weighted by atomic mass is 9.86. The molecule has 0 radical (unpaired) electrons. The monoisotopic (exact) mass is 359 g/mol. The van der Waals surface area contributed by atoms with E-state index in [1.165, 1.54) is 48.5 Å². The molecule has 2 aromatic rings. The van der Waals surface area contributed by atoms with Crippen molar-refractivity contribution >= 4 is 23.4 Å². The number of nitrogens with one attached hydrogen (secondary N) is 1. The van der Waals surface area contributed by atoms with Gasteiger partial charge in [-0.1, -0.05) is 62.1 Å². The topological polar surface area (TPSA) is 85.8 Å². The summed E-state index contributed by atoms with van der Waals surface area (Å²) in [5, 5.41) is 11.8. The second-order valence-corrected chi connectivity index (χ2v) is 7.46. The van der Waals surface area contributed by atoms with Gasteiger partial charge in [0.05, 0.1) is 5.75 Å². The van der Waals surface area contributed by atoms with Crippen LogP contribution in [0.4, 0.5) is 5.69 Å². The van der Waals surface area contributed by atoms with E-state index in [0.717, 1.165) is 30.3 Å². The summed E-state index contributed by atoms with van der Waals surface area (Å²) in [6.45, 7) is 0. The number of benzene rings is 1. The first-order valence-corrected chi connectivity index (χ1v) is 9.88. The van der Waals surface area contributed by atoms with Crippen molar-refractivity contribution in [1.82, 2.24) is 14.9 Å². The van der Waals surface area contributed by atoms with Gasteiger partial charge in [0, 0.05) is 12.1 Å². The molecule has 0 saturated heterocycles. The fourth-order valence-electron chi connectivity index (χ4n) is 3.23. The Labute approximate surface area is 152 Å². The predicted molar refractivity (Wildman–Crippen MR) is 101 cm³/mol. The Morgan fingerprint density at radius 2 is 1.96 bits per heavy atom. The summed E-state index contributed by atoms with van der Waals surface area (Å²) >= 11 is 1.31. The first kappa shape index (κ1) is 17.8. The van der Waals surface area contributed by atoms with E-state index in [4.69, 9.17) is 5.84 Å². The van der Waals surface area contributed by atoms with Crippen molar-refractivity contribution in [2.45, 2.75) is 50.1 Å². The second-order valence-electron chi connectivity index (χ2n) is 6.51. The smallest absolute Gasteiger partial charge is 0.234 e. The van der Waals surface area contributed by atoms with Gasteiger partial charge in [0.15, 0.2) is 5.82 Å². The van der Waals surface area contributed by atoms with E-state index < -0.39 is 0 Å². The summed E-state index contributed by atoms with van der Waals surface area (Å²) in [5.41, 5.74) is 0.787. The van der Waals surface area contributed by atoms with Crippen LogP contribution >= 0.6 is 11.8 Å². The van der Waals surface area contributed by atoms with Crippen molar-refractivity contribution in [2.24, 2.45) is 5.92 Å². The number of nitrogen functional groups attached to an aromatic ring is 1. The third-order valence-corrected chi connectivity index (χ3v) is 5.57. The number of thioether (sulfide) groups is 1. The maximum atomic E-state index is 12.0. The Hall–Kier alpha value is -2.02. The molecule has 0 aliphatic heterocycles. The molecule has 25 heavy (non-hydrogen) atoms. The lowest BCUT2D eigenvalue weighted by molar-refractivity contribution is -0.113. The molecule has 0 atom stereocenters. The standard InChI is InChI=1S/C18H25N5OS/c19-23-16(12-11-14-7-3-1-4-8-14)21-22-18(23)25-13-17(24)20-15-9-5-2-6-10-15/h2,5-6,9-10,14H,1,3-4,7-8,11-13,19H2,(H,20,24). The molecule has 1 aliphatic carbocycles. The number of hydrogen-bond donors (Lipinski definition) is 2. The highest BCUT2D eigenvalue weighted by atomic mass is 32.2. The number of nitrogens with two attached hydrogens (primary N) is 1.